The van der Waals surface area contributed by atoms with Gasteiger partial charge in [-0.05, 0) is 24.6 Å². The molecule has 0 spiro atoms. The Kier molecular flexibility index (Phi) is 5.33. The molecule has 0 fully saturated rings. The number of nitrogens with two attached hydrogens (primary N) is 1. The van der Waals surface area contributed by atoms with Crippen molar-refractivity contribution in [2.24, 2.45) is 5.73 Å². The van der Waals surface area contributed by atoms with Gasteiger partial charge in [-0.25, -0.2) is 9.67 Å². The number of hydrogen-bond acceptors (Lipinski definition) is 4. The Morgan fingerprint density at radius 1 is 1.14 bits per heavy atom. The van der Waals surface area contributed by atoms with Crippen LogP contribution in [0.2, 0.25) is 0 Å². The fourth-order valence-corrected chi connectivity index (χ4v) is 2.25. The minimum Gasteiger partial charge on any atom is -0.494 e. The van der Waals surface area contributed by atoms with E-state index in [0.717, 1.165) is 35.8 Å². The lowest BCUT2D eigenvalue weighted by molar-refractivity contribution is 0.340. The number of rotatable bonds is 7. The molecular weight excluding hydrogens is 264 g/mol. The van der Waals surface area contributed by atoms with Crippen LogP contribution in [0.15, 0.2) is 24.3 Å². The van der Waals surface area contributed by atoms with Crippen LogP contribution in [0.4, 0.5) is 0 Å². The largest absolute Gasteiger partial charge is 0.494 e. The van der Waals surface area contributed by atoms with E-state index < -0.39 is 0 Å². The van der Waals surface area contributed by atoms with Crippen molar-refractivity contribution in [1.82, 2.24) is 14.8 Å². The average molecular weight is 288 g/mol. The maximum atomic E-state index is 6.30. The van der Waals surface area contributed by atoms with E-state index in [1.165, 1.54) is 0 Å². The van der Waals surface area contributed by atoms with Crippen molar-refractivity contribution in [3.8, 4) is 5.75 Å². The Morgan fingerprint density at radius 3 is 2.43 bits per heavy atom. The quantitative estimate of drug-likeness (QED) is 0.850. The maximum Gasteiger partial charge on any atom is 0.150 e. The van der Waals surface area contributed by atoms with Crippen molar-refractivity contribution in [2.75, 3.05) is 6.61 Å². The van der Waals surface area contributed by atoms with Gasteiger partial charge in [0.05, 0.1) is 13.2 Å². The van der Waals surface area contributed by atoms with Crippen LogP contribution >= 0.6 is 0 Å². The van der Waals surface area contributed by atoms with Crippen molar-refractivity contribution < 1.29 is 4.74 Å². The molecule has 0 saturated carbocycles. The van der Waals surface area contributed by atoms with Gasteiger partial charge in [0.25, 0.3) is 0 Å². The molecule has 5 nitrogen and oxygen atoms in total. The molecule has 0 saturated heterocycles. The van der Waals surface area contributed by atoms with E-state index in [4.69, 9.17) is 10.5 Å². The average Bonchev–Trinajstić information content (AvgIpc) is 2.90. The number of aromatic nitrogens is 3. The molecule has 2 N–H and O–H groups in total. The molecule has 2 rings (SSSR count). The normalized spacial score (nSPS) is 12.4. The van der Waals surface area contributed by atoms with Crippen molar-refractivity contribution in [3.63, 3.8) is 0 Å². The lowest BCUT2D eigenvalue weighted by Crippen LogP contribution is -2.20. The van der Waals surface area contributed by atoms with Gasteiger partial charge in [0, 0.05) is 18.9 Å². The van der Waals surface area contributed by atoms with E-state index in [2.05, 4.69) is 23.9 Å². The third kappa shape index (κ3) is 3.82. The molecule has 0 radical (unpaired) electrons. The van der Waals surface area contributed by atoms with Crippen LogP contribution in [0.1, 0.15) is 44.0 Å². The van der Waals surface area contributed by atoms with Gasteiger partial charge >= 0.3 is 0 Å². The van der Waals surface area contributed by atoms with Gasteiger partial charge in [0.2, 0.25) is 0 Å². The first-order valence-corrected chi connectivity index (χ1v) is 7.58. The summed E-state index contributed by atoms with van der Waals surface area (Å²) in [5.41, 5.74) is 7.37. The maximum absolute atomic E-state index is 6.30. The minimum absolute atomic E-state index is 0.0996. The van der Waals surface area contributed by atoms with Gasteiger partial charge < -0.3 is 10.5 Å². The molecule has 5 heteroatoms. The van der Waals surface area contributed by atoms with Crippen LogP contribution in [0.25, 0.3) is 0 Å². The highest BCUT2D eigenvalue weighted by atomic mass is 16.5. The molecule has 1 aromatic carbocycles. The molecule has 21 heavy (non-hydrogen) atoms. The standard InChI is InChI=1S/C16H24N4O/c1-4-15-18-16(5-2)20(19-15)11-14(17)12-7-9-13(10-8-12)21-6-3/h7-10,14H,4-6,11,17H2,1-3H3. The first-order valence-electron chi connectivity index (χ1n) is 7.58. The Morgan fingerprint density at radius 2 is 1.86 bits per heavy atom. The van der Waals surface area contributed by atoms with E-state index >= 15 is 0 Å². The monoisotopic (exact) mass is 288 g/mol. The molecule has 0 amide bonds. The zero-order valence-electron chi connectivity index (χ0n) is 13.0. The van der Waals surface area contributed by atoms with Crippen molar-refractivity contribution in [2.45, 2.75) is 46.2 Å². The van der Waals surface area contributed by atoms with Crippen LogP contribution in [0, 0.1) is 0 Å². The Labute approximate surface area is 126 Å². The van der Waals surface area contributed by atoms with Crippen LogP contribution in [0.3, 0.4) is 0 Å². The number of ether oxygens (including phenoxy) is 1. The zero-order valence-corrected chi connectivity index (χ0v) is 13.0. The fraction of sp³-hybridized carbons (Fsp3) is 0.500. The third-order valence-electron chi connectivity index (χ3n) is 3.41. The van der Waals surface area contributed by atoms with Crippen molar-refractivity contribution in [1.29, 1.82) is 0 Å². The summed E-state index contributed by atoms with van der Waals surface area (Å²) >= 11 is 0. The SMILES string of the molecule is CCOc1ccc(C(N)Cn2nc(CC)nc2CC)cc1. The van der Waals surface area contributed by atoms with Gasteiger partial charge in [-0.2, -0.15) is 5.10 Å². The minimum atomic E-state index is -0.0996. The van der Waals surface area contributed by atoms with E-state index in [9.17, 15) is 0 Å². The van der Waals surface area contributed by atoms with Crippen molar-refractivity contribution >= 4 is 0 Å². The summed E-state index contributed by atoms with van der Waals surface area (Å²) in [4.78, 5) is 4.51. The summed E-state index contributed by atoms with van der Waals surface area (Å²) in [6, 6.07) is 7.84. The lowest BCUT2D eigenvalue weighted by Gasteiger charge is -2.14. The van der Waals surface area contributed by atoms with Crippen LogP contribution < -0.4 is 10.5 Å². The van der Waals surface area contributed by atoms with E-state index in [-0.39, 0.29) is 6.04 Å². The second-order valence-electron chi connectivity index (χ2n) is 4.94. The van der Waals surface area contributed by atoms with Gasteiger partial charge in [0.1, 0.15) is 11.6 Å². The summed E-state index contributed by atoms with van der Waals surface area (Å²) in [7, 11) is 0. The number of benzene rings is 1. The van der Waals surface area contributed by atoms with Crippen LogP contribution in [-0.2, 0) is 19.4 Å². The molecule has 0 aliphatic carbocycles. The Hall–Kier alpha value is -1.88. The highest BCUT2D eigenvalue weighted by Crippen LogP contribution is 2.18. The summed E-state index contributed by atoms with van der Waals surface area (Å²) in [6.45, 7) is 7.43. The van der Waals surface area contributed by atoms with Gasteiger partial charge in [-0.1, -0.05) is 26.0 Å². The second-order valence-corrected chi connectivity index (χ2v) is 4.94. The third-order valence-corrected chi connectivity index (χ3v) is 3.41. The first-order chi connectivity index (χ1) is 10.2. The smallest absolute Gasteiger partial charge is 0.150 e. The molecule has 1 aromatic heterocycles. The summed E-state index contributed by atoms with van der Waals surface area (Å²) in [5.74, 6) is 2.75. The molecule has 0 bridgehead atoms. The fourth-order valence-electron chi connectivity index (χ4n) is 2.25. The van der Waals surface area contributed by atoms with E-state index in [1.54, 1.807) is 0 Å². The predicted molar refractivity (Wildman–Crippen MR) is 83.3 cm³/mol. The molecule has 0 aliphatic heterocycles. The molecule has 1 unspecified atom stereocenters. The highest BCUT2D eigenvalue weighted by Gasteiger charge is 2.12. The zero-order chi connectivity index (χ0) is 15.2. The second kappa shape index (κ2) is 7.22. The summed E-state index contributed by atoms with van der Waals surface area (Å²) in [5, 5.41) is 4.51. The summed E-state index contributed by atoms with van der Waals surface area (Å²) < 4.78 is 7.38. The molecule has 2 aromatic rings. The topological polar surface area (TPSA) is 66.0 Å². The van der Waals surface area contributed by atoms with E-state index in [1.807, 2.05) is 35.9 Å². The van der Waals surface area contributed by atoms with Crippen molar-refractivity contribution in [3.05, 3.63) is 41.5 Å². The molecule has 1 heterocycles. The van der Waals surface area contributed by atoms with Gasteiger partial charge in [0.15, 0.2) is 5.82 Å². The lowest BCUT2D eigenvalue weighted by atomic mass is 10.1. The van der Waals surface area contributed by atoms with Crippen LogP contribution in [-0.4, -0.2) is 21.4 Å². The number of nitrogens with zero attached hydrogens (tertiary/aromatic N) is 3. The molecule has 1 atom stereocenters. The van der Waals surface area contributed by atoms with Crippen LogP contribution in [0.5, 0.6) is 5.75 Å². The number of hydrogen-bond donors (Lipinski definition) is 1. The van der Waals surface area contributed by atoms with Gasteiger partial charge in [-0.15, -0.1) is 0 Å². The van der Waals surface area contributed by atoms with Gasteiger partial charge in [-0.3, -0.25) is 0 Å². The summed E-state index contributed by atoms with van der Waals surface area (Å²) in [6.07, 6.45) is 1.71. The molecule has 114 valence electrons. The highest BCUT2D eigenvalue weighted by molar-refractivity contribution is 5.29. The number of aryl methyl sites for hydroxylation is 2. The van der Waals surface area contributed by atoms with E-state index in [0.29, 0.717) is 13.2 Å². The first kappa shape index (κ1) is 15.5. The Balaban J connectivity index is 2.09. The Bertz CT molecular complexity index is 562. The molecular formula is C16H24N4O. The predicted octanol–water partition coefficient (Wildman–Crippen LogP) is 2.50. The molecule has 0 aliphatic rings.